The fourth-order valence-corrected chi connectivity index (χ4v) is 6.58. The summed E-state index contributed by atoms with van der Waals surface area (Å²) in [4.78, 5) is 36.5. The lowest BCUT2D eigenvalue weighted by atomic mass is 9.88. The van der Waals surface area contributed by atoms with Gasteiger partial charge in [0, 0.05) is 25.2 Å². The lowest BCUT2D eigenvalue weighted by Crippen LogP contribution is -2.25. The Morgan fingerprint density at radius 3 is 1.62 bits per heavy atom. The Bertz CT molecular complexity index is 843. The number of rotatable bonds is 32. The number of ether oxygens (including phenoxy) is 2. The standard InChI is InChI=1S/C40H72O8/c1-3-5-7-8-9-10-11-12-13-14-15-16-17-22-26-39(45)47-31-34(42)32-48-40(46)27-23-19-18-21-25-35-36(38(44)30-37(35)43)29-28-33(41)24-20-6-4-2/h28-29,33-37,41-43H,3-27,30-32H2,1-2H3/b29-28+/t33-,34-,35+,36+,37-/m0/s1. The Morgan fingerprint density at radius 2 is 1.12 bits per heavy atom. The van der Waals surface area contributed by atoms with Gasteiger partial charge in [-0.05, 0) is 31.6 Å². The summed E-state index contributed by atoms with van der Waals surface area (Å²) in [7, 11) is 0. The van der Waals surface area contributed by atoms with Crippen LogP contribution in [0.4, 0.5) is 0 Å². The average Bonchev–Trinajstić information content (AvgIpc) is 3.34. The normalized spacial score (nSPS) is 19.2. The number of allylic oxidation sites excluding steroid dienone is 1. The molecule has 5 atom stereocenters. The van der Waals surface area contributed by atoms with Crippen molar-refractivity contribution in [3.8, 4) is 0 Å². The number of hydrogen-bond acceptors (Lipinski definition) is 8. The molecule has 0 amide bonds. The minimum atomic E-state index is -1.03. The van der Waals surface area contributed by atoms with Crippen LogP contribution in [-0.4, -0.2) is 64.6 Å². The third-order valence-electron chi connectivity index (χ3n) is 9.66. The number of Topliss-reactive ketones (excluding diaryl/α,β-unsaturated/α-hetero) is 1. The number of unbranched alkanes of at least 4 members (excludes halogenated alkanes) is 18. The van der Waals surface area contributed by atoms with Crippen LogP contribution in [0.5, 0.6) is 0 Å². The molecule has 8 nitrogen and oxygen atoms in total. The first-order valence-corrected chi connectivity index (χ1v) is 19.8. The first-order valence-electron chi connectivity index (χ1n) is 19.8. The van der Waals surface area contributed by atoms with Gasteiger partial charge >= 0.3 is 11.9 Å². The van der Waals surface area contributed by atoms with Crippen LogP contribution in [-0.2, 0) is 23.9 Å². The Labute approximate surface area is 292 Å². The van der Waals surface area contributed by atoms with Crippen molar-refractivity contribution in [3.63, 3.8) is 0 Å². The largest absolute Gasteiger partial charge is 0.463 e. The second kappa shape index (κ2) is 30.1. The zero-order valence-electron chi connectivity index (χ0n) is 30.7. The summed E-state index contributed by atoms with van der Waals surface area (Å²) in [6.45, 7) is 4.01. The number of carbonyl (C=O) groups is 3. The van der Waals surface area contributed by atoms with Crippen molar-refractivity contribution in [2.75, 3.05) is 13.2 Å². The zero-order chi connectivity index (χ0) is 35.2. The molecule has 0 heterocycles. The molecular formula is C40H72O8. The van der Waals surface area contributed by atoms with E-state index in [1.54, 1.807) is 12.2 Å². The maximum Gasteiger partial charge on any atom is 0.305 e. The van der Waals surface area contributed by atoms with Gasteiger partial charge in [0.05, 0.1) is 12.2 Å². The van der Waals surface area contributed by atoms with Gasteiger partial charge < -0.3 is 24.8 Å². The van der Waals surface area contributed by atoms with E-state index in [1.807, 2.05) is 0 Å². The fraction of sp³-hybridized carbons (Fsp3) is 0.875. The highest BCUT2D eigenvalue weighted by Gasteiger charge is 2.39. The SMILES string of the molecule is CCCCCCCCCCCCCCCCC(=O)OC[C@H](O)COC(=O)CCCCCC[C@H]1[C@@H](O)CC(=O)[C@@H]1/C=C/[C@@H](O)CCCCC. The predicted molar refractivity (Wildman–Crippen MR) is 192 cm³/mol. The molecule has 0 radical (unpaired) electrons. The van der Waals surface area contributed by atoms with Crippen molar-refractivity contribution in [3.05, 3.63) is 12.2 Å². The molecule has 0 aromatic carbocycles. The molecule has 0 aromatic heterocycles. The van der Waals surface area contributed by atoms with E-state index in [9.17, 15) is 29.7 Å². The second-order valence-corrected chi connectivity index (χ2v) is 14.2. The van der Waals surface area contributed by atoms with E-state index in [2.05, 4.69) is 13.8 Å². The van der Waals surface area contributed by atoms with E-state index in [4.69, 9.17) is 9.47 Å². The molecule has 0 unspecified atom stereocenters. The minimum Gasteiger partial charge on any atom is -0.463 e. The lowest BCUT2D eigenvalue weighted by Gasteiger charge is -2.19. The van der Waals surface area contributed by atoms with Gasteiger partial charge in [0.1, 0.15) is 25.1 Å². The van der Waals surface area contributed by atoms with Crippen molar-refractivity contribution in [1.82, 2.24) is 0 Å². The number of esters is 2. The summed E-state index contributed by atoms with van der Waals surface area (Å²) in [6.07, 6.45) is 27.4. The topological polar surface area (TPSA) is 130 Å². The number of aliphatic hydroxyl groups excluding tert-OH is 3. The fourth-order valence-electron chi connectivity index (χ4n) is 6.58. The Balaban J connectivity index is 2.01. The summed E-state index contributed by atoms with van der Waals surface area (Å²) in [5, 5.41) is 30.6. The lowest BCUT2D eigenvalue weighted by molar-refractivity contribution is -0.152. The highest BCUT2D eigenvalue weighted by Crippen LogP contribution is 2.34. The monoisotopic (exact) mass is 681 g/mol. The van der Waals surface area contributed by atoms with E-state index in [-0.39, 0.29) is 55.6 Å². The first kappa shape index (κ1) is 44.3. The van der Waals surface area contributed by atoms with Gasteiger partial charge in [-0.25, -0.2) is 0 Å². The van der Waals surface area contributed by atoms with Crippen LogP contribution in [0.3, 0.4) is 0 Å². The minimum absolute atomic E-state index is 0.0363. The van der Waals surface area contributed by atoms with Gasteiger partial charge in [-0.1, -0.05) is 148 Å². The van der Waals surface area contributed by atoms with Crippen molar-refractivity contribution >= 4 is 17.7 Å². The molecule has 1 aliphatic rings. The summed E-state index contributed by atoms with van der Waals surface area (Å²) >= 11 is 0. The van der Waals surface area contributed by atoms with Gasteiger partial charge in [-0.2, -0.15) is 0 Å². The van der Waals surface area contributed by atoms with E-state index in [0.717, 1.165) is 64.2 Å². The maximum absolute atomic E-state index is 12.4. The van der Waals surface area contributed by atoms with Crippen LogP contribution in [0.25, 0.3) is 0 Å². The smallest absolute Gasteiger partial charge is 0.305 e. The van der Waals surface area contributed by atoms with Crippen molar-refractivity contribution in [2.24, 2.45) is 11.8 Å². The van der Waals surface area contributed by atoms with Gasteiger partial charge in [-0.3, -0.25) is 14.4 Å². The van der Waals surface area contributed by atoms with E-state index in [1.165, 1.54) is 70.6 Å². The summed E-state index contributed by atoms with van der Waals surface area (Å²) in [6, 6.07) is 0. The molecule has 1 fully saturated rings. The van der Waals surface area contributed by atoms with Gasteiger partial charge in [0.2, 0.25) is 0 Å². The molecule has 0 aliphatic heterocycles. The molecule has 280 valence electrons. The van der Waals surface area contributed by atoms with E-state index in [0.29, 0.717) is 19.3 Å². The number of ketones is 1. The first-order chi connectivity index (χ1) is 23.3. The van der Waals surface area contributed by atoms with Crippen molar-refractivity contribution in [1.29, 1.82) is 0 Å². The van der Waals surface area contributed by atoms with Gasteiger partial charge in [-0.15, -0.1) is 0 Å². The third kappa shape index (κ3) is 23.6. The Kier molecular flexibility index (Phi) is 27.7. The second-order valence-electron chi connectivity index (χ2n) is 14.2. The molecule has 3 N–H and O–H groups in total. The Hall–Kier alpha value is -1.77. The molecule has 1 saturated carbocycles. The Morgan fingerprint density at radius 1 is 0.688 bits per heavy atom. The third-order valence-corrected chi connectivity index (χ3v) is 9.66. The molecule has 8 heteroatoms. The molecular weight excluding hydrogens is 608 g/mol. The van der Waals surface area contributed by atoms with Crippen LogP contribution in [0.15, 0.2) is 12.2 Å². The van der Waals surface area contributed by atoms with E-state index < -0.39 is 18.3 Å². The molecule has 0 aromatic rings. The van der Waals surface area contributed by atoms with Crippen LogP contribution in [0, 0.1) is 11.8 Å². The highest BCUT2D eigenvalue weighted by molar-refractivity contribution is 5.86. The number of aliphatic hydroxyl groups is 3. The van der Waals surface area contributed by atoms with E-state index >= 15 is 0 Å². The molecule has 48 heavy (non-hydrogen) atoms. The summed E-state index contributed by atoms with van der Waals surface area (Å²) in [5.74, 6) is -1.14. The molecule has 0 bridgehead atoms. The summed E-state index contributed by atoms with van der Waals surface area (Å²) < 4.78 is 10.3. The van der Waals surface area contributed by atoms with Crippen molar-refractivity contribution in [2.45, 2.75) is 199 Å². The average molecular weight is 681 g/mol. The number of carbonyl (C=O) groups excluding carboxylic acids is 3. The maximum atomic E-state index is 12.4. The van der Waals surface area contributed by atoms with Gasteiger partial charge in [0.15, 0.2) is 0 Å². The van der Waals surface area contributed by atoms with Crippen LogP contribution < -0.4 is 0 Å². The quantitative estimate of drug-likeness (QED) is 0.0365. The van der Waals surface area contributed by atoms with Crippen LogP contribution in [0.2, 0.25) is 0 Å². The molecule has 1 rings (SSSR count). The predicted octanol–water partition coefficient (Wildman–Crippen LogP) is 8.71. The van der Waals surface area contributed by atoms with Gasteiger partial charge in [0.25, 0.3) is 0 Å². The molecule has 0 saturated heterocycles. The van der Waals surface area contributed by atoms with Crippen LogP contribution in [0.1, 0.15) is 181 Å². The molecule has 0 spiro atoms. The number of hydrogen-bond donors (Lipinski definition) is 3. The molecule has 1 aliphatic carbocycles. The van der Waals surface area contributed by atoms with Crippen molar-refractivity contribution < 1.29 is 39.2 Å². The van der Waals surface area contributed by atoms with Crippen LogP contribution >= 0.6 is 0 Å². The highest BCUT2D eigenvalue weighted by atomic mass is 16.6. The zero-order valence-corrected chi connectivity index (χ0v) is 30.7. The summed E-state index contributed by atoms with van der Waals surface area (Å²) in [5.41, 5.74) is 0.